The van der Waals surface area contributed by atoms with Gasteiger partial charge in [0.05, 0.1) is 5.39 Å². The van der Waals surface area contributed by atoms with E-state index in [4.69, 9.17) is 10.2 Å². The predicted octanol–water partition coefficient (Wildman–Crippen LogP) is 1.30. The number of carbonyl (C=O) groups excluding carboxylic acids is 2. The smallest absolute Gasteiger partial charge is 0.287 e. The molecule has 1 fully saturated rings. The third-order valence-corrected chi connectivity index (χ3v) is 4.66. The van der Waals surface area contributed by atoms with Crippen molar-refractivity contribution in [1.29, 1.82) is 0 Å². The van der Waals surface area contributed by atoms with E-state index in [1.54, 1.807) is 24.3 Å². The van der Waals surface area contributed by atoms with Crippen LogP contribution in [-0.4, -0.2) is 30.4 Å². The Kier molecular flexibility index (Phi) is 5.68. The van der Waals surface area contributed by atoms with Gasteiger partial charge in [0.15, 0.2) is 11.2 Å². The number of benzene rings is 1. The summed E-state index contributed by atoms with van der Waals surface area (Å²) in [4.78, 5) is 36.1. The normalized spacial score (nSPS) is 19.9. The lowest BCUT2D eigenvalue weighted by Gasteiger charge is -2.29. The average Bonchev–Trinajstić information content (AvgIpc) is 2.63. The summed E-state index contributed by atoms with van der Waals surface area (Å²) in [5.74, 6) is -0.395. The minimum Gasteiger partial charge on any atom is -0.451 e. The molecule has 7 heteroatoms. The molecular weight excluding hydrogens is 334 g/mol. The molecule has 1 heterocycles. The molecule has 3 rings (SSSR count). The maximum atomic E-state index is 12.4. The summed E-state index contributed by atoms with van der Waals surface area (Å²) in [6.07, 6.45) is 3.44. The van der Waals surface area contributed by atoms with Crippen molar-refractivity contribution in [1.82, 2.24) is 10.6 Å². The molecule has 1 aromatic carbocycles. The Morgan fingerprint density at radius 3 is 2.42 bits per heavy atom. The van der Waals surface area contributed by atoms with Gasteiger partial charge in [-0.15, -0.1) is 0 Å². The number of hydrogen-bond acceptors (Lipinski definition) is 5. The van der Waals surface area contributed by atoms with Gasteiger partial charge in [0, 0.05) is 31.1 Å². The molecule has 0 atom stereocenters. The zero-order valence-electron chi connectivity index (χ0n) is 14.5. The number of nitrogens with one attached hydrogen (secondary N) is 2. The summed E-state index contributed by atoms with van der Waals surface area (Å²) >= 11 is 0. The van der Waals surface area contributed by atoms with Gasteiger partial charge in [-0.1, -0.05) is 12.1 Å². The highest BCUT2D eigenvalue weighted by molar-refractivity contribution is 5.93. The summed E-state index contributed by atoms with van der Waals surface area (Å²) in [6.45, 7) is 0.341. The van der Waals surface area contributed by atoms with Gasteiger partial charge in [-0.2, -0.15) is 0 Å². The number of amides is 2. The van der Waals surface area contributed by atoms with Gasteiger partial charge in [0.1, 0.15) is 5.58 Å². The van der Waals surface area contributed by atoms with E-state index in [-0.39, 0.29) is 35.1 Å². The second-order valence-corrected chi connectivity index (χ2v) is 6.60. The van der Waals surface area contributed by atoms with Crippen LogP contribution in [0.25, 0.3) is 11.0 Å². The Morgan fingerprint density at radius 1 is 1.08 bits per heavy atom. The van der Waals surface area contributed by atoms with Gasteiger partial charge in [-0.05, 0) is 37.8 Å². The first-order valence-corrected chi connectivity index (χ1v) is 8.90. The van der Waals surface area contributed by atoms with Crippen molar-refractivity contribution in [3.63, 3.8) is 0 Å². The molecule has 2 amide bonds. The summed E-state index contributed by atoms with van der Waals surface area (Å²) in [6, 6.07) is 8.21. The van der Waals surface area contributed by atoms with Crippen LogP contribution in [0.3, 0.4) is 0 Å². The largest absolute Gasteiger partial charge is 0.451 e. The second-order valence-electron chi connectivity index (χ2n) is 6.60. The fourth-order valence-electron chi connectivity index (χ4n) is 3.29. The molecular formula is C19H23N3O4. The molecule has 4 N–H and O–H groups in total. The lowest BCUT2D eigenvalue weighted by Crippen LogP contribution is -2.44. The van der Waals surface area contributed by atoms with Gasteiger partial charge < -0.3 is 20.8 Å². The molecule has 26 heavy (non-hydrogen) atoms. The van der Waals surface area contributed by atoms with E-state index in [0.717, 1.165) is 25.7 Å². The molecule has 1 saturated carbocycles. The first-order chi connectivity index (χ1) is 12.6. The molecule has 7 nitrogen and oxygen atoms in total. The van der Waals surface area contributed by atoms with Gasteiger partial charge in [-0.3, -0.25) is 14.4 Å². The Hall–Kier alpha value is -2.67. The lowest BCUT2D eigenvalue weighted by molar-refractivity contribution is -0.121. The summed E-state index contributed by atoms with van der Waals surface area (Å²) in [5.41, 5.74) is 5.54. The Morgan fingerprint density at radius 2 is 1.73 bits per heavy atom. The van der Waals surface area contributed by atoms with E-state index >= 15 is 0 Å². The van der Waals surface area contributed by atoms with Crippen molar-refractivity contribution in [2.24, 2.45) is 5.73 Å². The molecule has 0 radical (unpaired) electrons. The average molecular weight is 357 g/mol. The lowest BCUT2D eigenvalue weighted by atomic mass is 9.91. The Bertz CT molecular complexity index is 853. The van der Waals surface area contributed by atoms with Crippen molar-refractivity contribution in [2.75, 3.05) is 6.54 Å². The van der Waals surface area contributed by atoms with Crippen LogP contribution in [0.4, 0.5) is 0 Å². The third-order valence-electron chi connectivity index (χ3n) is 4.66. The topological polar surface area (TPSA) is 114 Å². The highest BCUT2D eigenvalue weighted by Crippen LogP contribution is 2.19. The second kappa shape index (κ2) is 8.14. The molecule has 1 aliphatic carbocycles. The van der Waals surface area contributed by atoms with Crippen molar-refractivity contribution in [3.8, 4) is 0 Å². The monoisotopic (exact) mass is 357 g/mol. The number of nitrogens with two attached hydrogens (primary N) is 1. The minimum atomic E-state index is -0.386. The van der Waals surface area contributed by atoms with Gasteiger partial charge >= 0.3 is 0 Å². The molecule has 0 bridgehead atoms. The fourth-order valence-corrected chi connectivity index (χ4v) is 3.29. The van der Waals surface area contributed by atoms with E-state index in [9.17, 15) is 14.4 Å². The Labute approximate surface area is 150 Å². The standard InChI is InChI=1S/C19H23N3O4/c20-10-9-18(24)21-12-5-7-13(8-6-12)22-19(25)17-11-15(23)14-3-1-2-4-16(14)26-17/h1-4,11-13H,5-10,20H2,(H,21,24)(H,22,25)/t12-,13-. The predicted molar refractivity (Wildman–Crippen MR) is 97.8 cm³/mol. The van der Waals surface area contributed by atoms with Gasteiger partial charge in [-0.25, -0.2) is 0 Å². The molecule has 1 aliphatic rings. The maximum absolute atomic E-state index is 12.4. The molecule has 0 aliphatic heterocycles. The van der Waals surface area contributed by atoms with Crippen LogP contribution in [0, 0.1) is 0 Å². The summed E-state index contributed by atoms with van der Waals surface area (Å²) in [5, 5.41) is 6.34. The van der Waals surface area contributed by atoms with E-state index in [0.29, 0.717) is 23.9 Å². The molecule has 0 spiro atoms. The van der Waals surface area contributed by atoms with E-state index in [1.807, 2.05) is 0 Å². The first-order valence-electron chi connectivity index (χ1n) is 8.90. The van der Waals surface area contributed by atoms with Crippen LogP contribution in [0.5, 0.6) is 0 Å². The van der Waals surface area contributed by atoms with Crippen LogP contribution in [0.1, 0.15) is 42.7 Å². The quantitative estimate of drug-likeness (QED) is 0.746. The highest BCUT2D eigenvalue weighted by atomic mass is 16.3. The molecule has 2 aromatic rings. The van der Waals surface area contributed by atoms with Crippen LogP contribution >= 0.6 is 0 Å². The van der Waals surface area contributed by atoms with Crippen LogP contribution < -0.4 is 21.8 Å². The van der Waals surface area contributed by atoms with Crippen molar-refractivity contribution in [3.05, 3.63) is 46.3 Å². The molecule has 138 valence electrons. The Balaban J connectivity index is 1.58. The van der Waals surface area contributed by atoms with E-state index < -0.39 is 0 Å². The maximum Gasteiger partial charge on any atom is 0.287 e. The number of carbonyl (C=O) groups is 2. The van der Waals surface area contributed by atoms with Crippen LogP contribution in [0.15, 0.2) is 39.5 Å². The zero-order valence-corrected chi connectivity index (χ0v) is 14.5. The zero-order chi connectivity index (χ0) is 18.5. The molecule has 0 saturated heterocycles. The van der Waals surface area contributed by atoms with E-state index in [1.165, 1.54) is 6.07 Å². The number of para-hydroxylation sites is 1. The number of rotatable bonds is 5. The minimum absolute atomic E-state index is 0.00179. The first kappa shape index (κ1) is 18.1. The summed E-state index contributed by atoms with van der Waals surface area (Å²) in [7, 11) is 0. The summed E-state index contributed by atoms with van der Waals surface area (Å²) < 4.78 is 5.57. The van der Waals surface area contributed by atoms with Crippen LogP contribution in [0.2, 0.25) is 0 Å². The number of fused-ring (bicyclic) bond motifs is 1. The van der Waals surface area contributed by atoms with Crippen molar-refractivity contribution >= 4 is 22.8 Å². The highest BCUT2D eigenvalue weighted by Gasteiger charge is 2.24. The number of hydrogen-bond donors (Lipinski definition) is 3. The van der Waals surface area contributed by atoms with Gasteiger partial charge in [0.25, 0.3) is 5.91 Å². The van der Waals surface area contributed by atoms with Crippen molar-refractivity contribution in [2.45, 2.75) is 44.2 Å². The van der Waals surface area contributed by atoms with Crippen LogP contribution in [-0.2, 0) is 4.79 Å². The molecule has 1 aromatic heterocycles. The third kappa shape index (κ3) is 4.29. The SMILES string of the molecule is NCCC(=O)N[C@H]1CC[C@H](NC(=O)c2cc(=O)c3ccccc3o2)CC1. The molecule has 0 unspecified atom stereocenters. The van der Waals surface area contributed by atoms with Gasteiger partial charge in [0.2, 0.25) is 5.91 Å². The fraction of sp³-hybridized carbons (Fsp3) is 0.421. The van der Waals surface area contributed by atoms with E-state index in [2.05, 4.69) is 10.6 Å². The van der Waals surface area contributed by atoms with Crippen molar-refractivity contribution < 1.29 is 14.0 Å².